The lowest BCUT2D eigenvalue weighted by Gasteiger charge is -2.21. The Hall–Kier alpha value is -2.72. The van der Waals surface area contributed by atoms with Gasteiger partial charge in [0.1, 0.15) is 19.3 Å². The number of rotatable bonds is 77. The monoisotopic (exact) mass is 1430 g/mol. The maximum Gasteiger partial charge on any atom is 0.472 e. The van der Waals surface area contributed by atoms with Crippen molar-refractivity contribution in [1.82, 2.24) is 0 Å². The first kappa shape index (κ1) is 95.3. The van der Waals surface area contributed by atoms with E-state index < -0.39 is 97.5 Å². The first-order valence-corrected chi connectivity index (χ1v) is 43.2. The van der Waals surface area contributed by atoms with E-state index in [9.17, 15) is 43.2 Å². The van der Waals surface area contributed by atoms with E-state index in [4.69, 9.17) is 37.0 Å². The molecule has 0 heterocycles. The topological polar surface area (TPSA) is 237 Å². The van der Waals surface area contributed by atoms with E-state index in [-0.39, 0.29) is 25.7 Å². The Bertz CT molecular complexity index is 2000. The van der Waals surface area contributed by atoms with Gasteiger partial charge in [-0.25, -0.2) is 9.13 Å². The Labute approximate surface area is 598 Å². The zero-order valence-corrected chi connectivity index (χ0v) is 64.8. The van der Waals surface area contributed by atoms with Gasteiger partial charge in [0.05, 0.1) is 26.4 Å². The van der Waals surface area contributed by atoms with Crippen molar-refractivity contribution in [2.45, 2.75) is 406 Å². The number of phosphoric ester groups is 2. The van der Waals surface area contributed by atoms with Crippen LogP contribution in [0.15, 0.2) is 36.5 Å². The molecule has 0 saturated heterocycles. The Balaban J connectivity index is 5.32. The van der Waals surface area contributed by atoms with Crippen molar-refractivity contribution in [3.63, 3.8) is 0 Å². The molecule has 0 aromatic heterocycles. The van der Waals surface area contributed by atoms with Gasteiger partial charge < -0.3 is 33.8 Å². The lowest BCUT2D eigenvalue weighted by atomic mass is 10.0. The predicted octanol–water partition coefficient (Wildman–Crippen LogP) is 23.1. The summed E-state index contributed by atoms with van der Waals surface area (Å²) in [4.78, 5) is 72.9. The minimum atomic E-state index is -4.97. The quantitative estimate of drug-likeness (QED) is 0.0169. The number of aliphatic hydroxyl groups is 1. The van der Waals surface area contributed by atoms with E-state index in [0.29, 0.717) is 25.7 Å². The molecule has 98 heavy (non-hydrogen) atoms. The van der Waals surface area contributed by atoms with Gasteiger partial charge in [0.25, 0.3) is 0 Å². The van der Waals surface area contributed by atoms with E-state index in [1.54, 1.807) is 0 Å². The molecule has 0 aliphatic carbocycles. The molecule has 0 saturated carbocycles. The second-order valence-corrected chi connectivity index (χ2v) is 30.3. The third-order valence-corrected chi connectivity index (χ3v) is 19.5. The number of aliphatic hydroxyl groups excluding tert-OH is 1. The van der Waals surface area contributed by atoms with Crippen molar-refractivity contribution in [1.29, 1.82) is 0 Å². The Kier molecular flexibility index (Phi) is 70.6. The van der Waals surface area contributed by atoms with Gasteiger partial charge in [0, 0.05) is 25.7 Å². The molecule has 2 unspecified atom stereocenters. The van der Waals surface area contributed by atoms with Gasteiger partial charge in [-0.3, -0.25) is 37.3 Å². The van der Waals surface area contributed by atoms with E-state index >= 15 is 0 Å². The van der Waals surface area contributed by atoms with Gasteiger partial charge in [-0.05, 0) is 103 Å². The summed E-state index contributed by atoms with van der Waals surface area (Å²) in [5, 5.41) is 10.6. The number of esters is 4. The molecule has 576 valence electrons. The number of ether oxygens (including phenoxy) is 4. The van der Waals surface area contributed by atoms with Gasteiger partial charge in [-0.15, -0.1) is 0 Å². The van der Waals surface area contributed by atoms with E-state index in [2.05, 4.69) is 64.2 Å². The normalized spacial score (nSPS) is 14.1. The fourth-order valence-electron chi connectivity index (χ4n) is 11.4. The van der Waals surface area contributed by atoms with Gasteiger partial charge in [-0.1, -0.05) is 295 Å². The maximum absolute atomic E-state index is 13.1. The van der Waals surface area contributed by atoms with Crippen LogP contribution in [-0.4, -0.2) is 96.7 Å². The van der Waals surface area contributed by atoms with Crippen LogP contribution in [0, 0.1) is 0 Å². The second kappa shape index (κ2) is 72.6. The minimum Gasteiger partial charge on any atom is -0.462 e. The third-order valence-electron chi connectivity index (χ3n) is 17.6. The molecule has 17 nitrogen and oxygen atoms in total. The van der Waals surface area contributed by atoms with E-state index in [1.807, 2.05) is 0 Å². The van der Waals surface area contributed by atoms with Crippen LogP contribution in [0.4, 0.5) is 0 Å². The Morgan fingerprint density at radius 3 is 0.704 bits per heavy atom. The zero-order chi connectivity index (χ0) is 71.8. The molecular formula is C79H148O17P2. The summed E-state index contributed by atoms with van der Waals surface area (Å²) in [7, 11) is -9.93. The number of hydrogen-bond donors (Lipinski definition) is 3. The van der Waals surface area contributed by atoms with Crippen molar-refractivity contribution in [2.75, 3.05) is 39.6 Å². The highest BCUT2D eigenvalue weighted by Gasteiger charge is 2.30. The SMILES string of the molecule is CCCCCCCC/C=C\CCCCCCCC(=O)OC[C@H](COP(=O)(O)OC[C@H](O)COP(=O)(O)OC[C@@H](COC(=O)CCCCCCC/C=C\CCCCCCCC)OC(=O)CCCCCCCCCCCCCCC)OC(=O)CCCCCCC/C=C\CCCCCCCC. The summed E-state index contributed by atoms with van der Waals surface area (Å²) in [6.45, 7) is 4.92. The number of carbonyl (C=O) groups excluding carboxylic acids is 4. The van der Waals surface area contributed by atoms with Crippen LogP contribution in [0.3, 0.4) is 0 Å². The Morgan fingerprint density at radius 1 is 0.276 bits per heavy atom. The maximum atomic E-state index is 13.1. The molecule has 0 radical (unpaired) electrons. The molecule has 0 aromatic rings. The van der Waals surface area contributed by atoms with Crippen LogP contribution in [-0.2, 0) is 65.4 Å². The predicted molar refractivity (Wildman–Crippen MR) is 400 cm³/mol. The molecule has 0 spiro atoms. The average molecular weight is 1430 g/mol. The van der Waals surface area contributed by atoms with Crippen molar-refractivity contribution in [3.05, 3.63) is 36.5 Å². The molecule has 0 fully saturated rings. The smallest absolute Gasteiger partial charge is 0.462 e. The zero-order valence-electron chi connectivity index (χ0n) is 63.0. The molecule has 0 bridgehead atoms. The second-order valence-electron chi connectivity index (χ2n) is 27.4. The lowest BCUT2D eigenvalue weighted by Crippen LogP contribution is -2.30. The first-order valence-electron chi connectivity index (χ1n) is 40.2. The van der Waals surface area contributed by atoms with Crippen molar-refractivity contribution in [2.24, 2.45) is 0 Å². The van der Waals surface area contributed by atoms with Gasteiger partial charge >= 0.3 is 39.5 Å². The average Bonchev–Trinajstić information content (AvgIpc) is 1.04. The molecule has 0 amide bonds. The lowest BCUT2D eigenvalue weighted by molar-refractivity contribution is -0.161. The van der Waals surface area contributed by atoms with Crippen LogP contribution in [0.5, 0.6) is 0 Å². The van der Waals surface area contributed by atoms with Crippen molar-refractivity contribution in [3.8, 4) is 0 Å². The summed E-state index contributed by atoms with van der Waals surface area (Å²) in [5.41, 5.74) is 0. The first-order chi connectivity index (χ1) is 47.7. The van der Waals surface area contributed by atoms with Crippen LogP contribution in [0.2, 0.25) is 0 Å². The number of phosphoric acid groups is 2. The standard InChI is InChI=1S/C79H148O17P2/c1-5-9-13-17-21-25-29-33-36-40-43-47-51-55-59-63-76(81)89-69-74(95-78(83)65-61-57-53-49-45-39-32-28-24-20-16-12-8-4)71-93-97(85,86)91-67-73(80)68-92-98(87,88)94-72-75(96-79(84)66-62-58-54-50-46-42-38-35-31-27-23-19-15-11-7-3)70-90-77(82)64-60-56-52-48-44-41-37-34-30-26-22-18-14-10-6-2/h33-38,73-75,80H,5-32,39-72H2,1-4H3,(H,85,86)(H,87,88)/b36-33-,37-34-,38-35-/t73-,74-,75-/m1/s1. The molecule has 0 aliphatic heterocycles. The highest BCUT2D eigenvalue weighted by atomic mass is 31.2. The number of allylic oxidation sites excluding steroid dienone is 6. The van der Waals surface area contributed by atoms with E-state index in [0.717, 1.165) is 141 Å². The molecule has 19 heteroatoms. The van der Waals surface area contributed by atoms with Crippen LogP contribution in [0.1, 0.15) is 387 Å². The number of carbonyl (C=O) groups is 4. The largest absolute Gasteiger partial charge is 0.472 e. The van der Waals surface area contributed by atoms with Crippen molar-refractivity contribution < 1.29 is 80.2 Å². The van der Waals surface area contributed by atoms with Crippen LogP contribution < -0.4 is 0 Å². The fourth-order valence-corrected chi connectivity index (χ4v) is 13.0. The number of hydrogen-bond acceptors (Lipinski definition) is 15. The molecule has 0 aromatic carbocycles. The third kappa shape index (κ3) is 71.7. The number of unbranched alkanes of at least 4 members (excludes halogenated alkanes) is 45. The molecule has 5 atom stereocenters. The van der Waals surface area contributed by atoms with Crippen LogP contribution in [0.25, 0.3) is 0 Å². The van der Waals surface area contributed by atoms with Gasteiger partial charge in [0.2, 0.25) is 0 Å². The van der Waals surface area contributed by atoms with Gasteiger partial charge in [0.15, 0.2) is 12.2 Å². The summed E-state index contributed by atoms with van der Waals surface area (Å²) in [5.74, 6) is -2.16. The molecule has 3 N–H and O–H groups in total. The summed E-state index contributed by atoms with van der Waals surface area (Å²) in [6, 6.07) is 0. The summed E-state index contributed by atoms with van der Waals surface area (Å²) in [6.07, 6.45) is 68.3. The molecule has 0 aliphatic rings. The highest BCUT2D eigenvalue weighted by molar-refractivity contribution is 7.47. The highest BCUT2D eigenvalue weighted by Crippen LogP contribution is 2.45. The van der Waals surface area contributed by atoms with Crippen molar-refractivity contribution >= 4 is 39.5 Å². The Morgan fingerprint density at radius 2 is 0.469 bits per heavy atom. The molecular weight excluding hydrogens is 1280 g/mol. The van der Waals surface area contributed by atoms with E-state index in [1.165, 1.54) is 167 Å². The minimum absolute atomic E-state index is 0.0898. The molecule has 0 rings (SSSR count). The fraction of sp³-hybridized carbons (Fsp3) is 0.873. The summed E-state index contributed by atoms with van der Waals surface area (Å²) < 4.78 is 68.6. The van der Waals surface area contributed by atoms with Gasteiger partial charge in [-0.2, -0.15) is 0 Å². The van der Waals surface area contributed by atoms with Crippen LogP contribution >= 0.6 is 15.6 Å². The summed E-state index contributed by atoms with van der Waals surface area (Å²) >= 11 is 0.